The molecule has 1 aliphatic carbocycles. The molecule has 4 aliphatic rings. The highest BCUT2D eigenvalue weighted by molar-refractivity contribution is 5.79. The summed E-state index contributed by atoms with van der Waals surface area (Å²) >= 11 is 0. The number of piperidine rings is 1. The summed E-state index contributed by atoms with van der Waals surface area (Å²) in [4.78, 5) is 33.5. The summed E-state index contributed by atoms with van der Waals surface area (Å²) in [6.07, 6.45) is 5.91. The summed E-state index contributed by atoms with van der Waals surface area (Å²) in [7, 11) is 1.70. The van der Waals surface area contributed by atoms with Gasteiger partial charge in [0.05, 0.1) is 11.6 Å². The lowest BCUT2D eigenvalue weighted by Gasteiger charge is -2.49. The summed E-state index contributed by atoms with van der Waals surface area (Å²) in [6, 6.07) is 11.0. The fourth-order valence-corrected chi connectivity index (χ4v) is 8.18. The van der Waals surface area contributed by atoms with Gasteiger partial charge >= 0.3 is 6.03 Å². The number of hydrogen-bond donors (Lipinski definition) is 1. The van der Waals surface area contributed by atoms with Gasteiger partial charge in [-0.15, -0.1) is 0 Å². The second kappa shape index (κ2) is 12.5. The van der Waals surface area contributed by atoms with Crippen LogP contribution < -0.4 is 5.32 Å². The molecule has 5 rings (SSSR count). The number of methoxy groups -OCH3 is 1. The number of alkyl halides is 2. The van der Waals surface area contributed by atoms with Crippen molar-refractivity contribution in [2.45, 2.75) is 114 Å². The monoisotopic (exact) mass is 574 g/mol. The van der Waals surface area contributed by atoms with E-state index in [1.54, 1.807) is 7.11 Å². The van der Waals surface area contributed by atoms with E-state index < -0.39 is 5.92 Å². The highest BCUT2D eigenvalue weighted by Gasteiger charge is 2.57. The number of carbonyl (C=O) groups excluding carboxylic acids is 2. The highest BCUT2D eigenvalue weighted by atomic mass is 19.3. The summed E-state index contributed by atoms with van der Waals surface area (Å²) < 4.78 is 32.6. The minimum Gasteiger partial charge on any atom is -0.385 e. The molecule has 2 bridgehead atoms. The number of amides is 3. The Kier molecular flexibility index (Phi) is 9.24. The van der Waals surface area contributed by atoms with E-state index in [4.69, 9.17) is 4.74 Å². The van der Waals surface area contributed by atoms with E-state index >= 15 is 0 Å². The number of hydrogen-bond acceptors (Lipinski definition) is 4. The molecule has 1 aromatic rings. The highest BCUT2D eigenvalue weighted by Crippen LogP contribution is 2.48. The van der Waals surface area contributed by atoms with Crippen molar-refractivity contribution in [1.29, 1.82) is 0 Å². The van der Waals surface area contributed by atoms with E-state index in [9.17, 15) is 18.4 Å². The van der Waals surface area contributed by atoms with Crippen molar-refractivity contribution in [3.05, 3.63) is 35.9 Å². The molecule has 3 atom stereocenters. The summed E-state index contributed by atoms with van der Waals surface area (Å²) in [5.74, 6) is -3.09. The molecule has 4 fully saturated rings. The first-order valence-electron chi connectivity index (χ1n) is 15.7. The average Bonchev–Trinajstić information content (AvgIpc) is 3.35. The Morgan fingerprint density at radius 2 is 1.71 bits per heavy atom. The average molecular weight is 575 g/mol. The third-order valence-corrected chi connectivity index (χ3v) is 10.1. The molecule has 3 aliphatic heterocycles. The van der Waals surface area contributed by atoms with Gasteiger partial charge in [-0.05, 0) is 70.8 Å². The quantitative estimate of drug-likeness (QED) is 0.349. The first-order chi connectivity index (χ1) is 19.6. The lowest BCUT2D eigenvalue weighted by molar-refractivity contribution is -0.130. The molecule has 2 unspecified atom stereocenters. The number of fused-ring (bicyclic) bond motifs is 2. The fourth-order valence-electron chi connectivity index (χ4n) is 8.18. The van der Waals surface area contributed by atoms with E-state index in [2.05, 4.69) is 29.0 Å². The Labute approximate surface area is 243 Å². The second-order valence-electron chi connectivity index (χ2n) is 13.2. The van der Waals surface area contributed by atoms with E-state index in [0.717, 1.165) is 63.7 Å². The predicted molar refractivity (Wildman–Crippen MR) is 155 cm³/mol. The van der Waals surface area contributed by atoms with Crippen LogP contribution in [0.2, 0.25) is 0 Å². The molecule has 3 amide bonds. The van der Waals surface area contributed by atoms with Crippen LogP contribution in [0.25, 0.3) is 0 Å². The van der Waals surface area contributed by atoms with E-state index in [1.807, 2.05) is 35.2 Å². The number of urea groups is 1. The number of halogens is 2. The van der Waals surface area contributed by atoms with E-state index in [1.165, 1.54) is 0 Å². The molecule has 3 saturated heterocycles. The van der Waals surface area contributed by atoms with Gasteiger partial charge in [0, 0.05) is 70.2 Å². The zero-order valence-corrected chi connectivity index (χ0v) is 25.0. The van der Waals surface area contributed by atoms with Crippen LogP contribution in [-0.2, 0) is 9.53 Å². The standard InChI is InChI=1S/C32H48F2N4O3/c1-23(2)38-30(40)36(17-7-19-41-3)22-31(38)20-26-10-11-27(21-31)37(26)18-14-28(24-8-5-4-6-9-24)35-29(39)25-12-15-32(33,34)16-13-25/h4-6,8-9,23,25-28H,7,10-22H2,1-3H3,(H,35,39)/t26?,27?,28-,31?/m0/s1. The summed E-state index contributed by atoms with van der Waals surface area (Å²) in [5.41, 5.74) is 0.929. The number of nitrogens with one attached hydrogen (secondary N) is 1. The van der Waals surface area contributed by atoms with Crippen LogP contribution in [0, 0.1) is 5.92 Å². The van der Waals surface area contributed by atoms with Crippen molar-refractivity contribution < 1.29 is 23.1 Å². The molecular formula is C32H48F2N4O3. The van der Waals surface area contributed by atoms with Crippen molar-refractivity contribution >= 4 is 11.9 Å². The van der Waals surface area contributed by atoms with Crippen LogP contribution in [-0.4, -0.2) is 89.6 Å². The predicted octanol–water partition coefficient (Wildman–Crippen LogP) is 5.61. The fraction of sp³-hybridized carbons (Fsp3) is 0.750. The lowest BCUT2D eigenvalue weighted by Crippen LogP contribution is -2.60. The molecule has 0 aromatic heterocycles. The molecule has 228 valence electrons. The van der Waals surface area contributed by atoms with Crippen LogP contribution >= 0.6 is 0 Å². The first-order valence-corrected chi connectivity index (χ1v) is 15.7. The lowest BCUT2D eigenvalue weighted by atomic mass is 9.81. The van der Waals surface area contributed by atoms with Crippen molar-refractivity contribution in [3.8, 4) is 0 Å². The van der Waals surface area contributed by atoms with Crippen LogP contribution in [0.4, 0.5) is 13.6 Å². The van der Waals surface area contributed by atoms with Gasteiger partial charge in [0.15, 0.2) is 0 Å². The van der Waals surface area contributed by atoms with Gasteiger partial charge in [-0.1, -0.05) is 30.3 Å². The summed E-state index contributed by atoms with van der Waals surface area (Å²) in [5, 5.41) is 3.25. The van der Waals surface area contributed by atoms with E-state index in [-0.39, 0.29) is 61.2 Å². The SMILES string of the molecule is COCCCN1CC2(CC3CCC(C2)N3CC[C@H](NC(=O)C2CCC(F)(F)CC2)c2ccccc2)N(C(C)C)C1=O. The second-order valence-corrected chi connectivity index (χ2v) is 13.2. The van der Waals surface area contributed by atoms with Crippen LogP contribution in [0.3, 0.4) is 0 Å². The third kappa shape index (κ3) is 6.56. The smallest absolute Gasteiger partial charge is 0.320 e. The number of nitrogens with zero attached hydrogens (tertiary/aromatic N) is 3. The molecule has 9 heteroatoms. The molecule has 0 radical (unpaired) electrons. The molecule has 1 spiro atoms. The van der Waals surface area contributed by atoms with Gasteiger partial charge in [-0.3, -0.25) is 9.69 Å². The van der Waals surface area contributed by atoms with Crippen molar-refractivity contribution in [2.24, 2.45) is 5.92 Å². The Morgan fingerprint density at radius 3 is 2.32 bits per heavy atom. The van der Waals surface area contributed by atoms with Gasteiger partial charge in [0.2, 0.25) is 11.8 Å². The number of benzene rings is 1. The topological polar surface area (TPSA) is 65.1 Å². The molecule has 7 nitrogen and oxygen atoms in total. The molecule has 3 heterocycles. The first kappa shape index (κ1) is 30.2. The molecule has 1 aromatic carbocycles. The van der Waals surface area contributed by atoms with Crippen LogP contribution in [0.15, 0.2) is 30.3 Å². The summed E-state index contributed by atoms with van der Waals surface area (Å²) in [6.45, 7) is 7.30. The van der Waals surface area contributed by atoms with Gasteiger partial charge in [-0.25, -0.2) is 13.6 Å². The molecular weight excluding hydrogens is 526 g/mol. The molecule has 1 saturated carbocycles. The number of carbonyl (C=O) groups is 2. The Bertz CT molecular complexity index is 1030. The number of ether oxygens (including phenoxy) is 1. The number of rotatable bonds is 11. The largest absolute Gasteiger partial charge is 0.385 e. The van der Waals surface area contributed by atoms with Crippen LogP contribution in [0.5, 0.6) is 0 Å². The Hall–Kier alpha value is -2.26. The Balaban J connectivity index is 1.25. The normalized spacial score (nSPS) is 29.1. The zero-order chi connectivity index (χ0) is 29.2. The maximum absolute atomic E-state index is 13.7. The molecule has 41 heavy (non-hydrogen) atoms. The minimum absolute atomic E-state index is 0.0967. The Morgan fingerprint density at radius 1 is 1.05 bits per heavy atom. The van der Waals surface area contributed by atoms with Gasteiger partial charge < -0.3 is 19.9 Å². The maximum atomic E-state index is 13.7. The van der Waals surface area contributed by atoms with Crippen molar-refractivity contribution in [1.82, 2.24) is 20.0 Å². The van der Waals surface area contributed by atoms with E-state index in [0.29, 0.717) is 18.7 Å². The minimum atomic E-state index is -2.64. The van der Waals surface area contributed by atoms with Crippen molar-refractivity contribution in [3.63, 3.8) is 0 Å². The third-order valence-electron chi connectivity index (χ3n) is 10.1. The van der Waals surface area contributed by atoms with Gasteiger partial charge in [0.25, 0.3) is 0 Å². The molecule has 1 N–H and O–H groups in total. The maximum Gasteiger partial charge on any atom is 0.320 e. The van der Waals surface area contributed by atoms with Crippen LogP contribution in [0.1, 0.15) is 89.7 Å². The van der Waals surface area contributed by atoms with Gasteiger partial charge in [0.1, 0.15) is 0 Å². The van der Waals surface area contributed by atoms with Gasteiger partial charge in [-0.2, -0.15) is 0 Å². The zero-order valence-electron chi connectivity index (χ0n) is 25.0. The van der Waals surface area contributed by atoms with Crippen molar-refractivity contribution in [2.75, 3.05) is 33.4 Å².